The van der Waals surface area contributed by atoms with Crippen molar-refractivity contribution < 1.29 is 14.3 Å². The van der Waals surface area contributed by atoms with E-state index in [0.717, 1.165) is 24.8 Å². The van der Waals surface area contributed by atoms with Gasteiger partial charge in [0.2, 0.25) is 0 Å². The van der Waals surface area contributed by atoms with E-state index >= 15 is 0 Å². The van der Waals surface area contributed by atoms with Crippen LogP contribution in [0.5, 0.6) is 0 Å². The maximum absolute atomic E-state index is 10.7. The van der Waals surface area contributed by atoms with E-state index in [2.05, 4.69) is 11.8 Å². The quantitative estimate of drug-likeness (QED) is 0.803. The highest BCUT2D eigenvalue weighted by molar-refractivity contribution is 5.87. The molecule has 1 aliphatic rings. The van der Waals surface area contributed by atoms with Crippen LogP contribution in [0.1, 0.15) is 35.9 Å². The molecule has 1 fully saturated rings. The van der Waals surface area contributed by atoms with Crippen LogP contribution in [0, 0.1) is 5.92 Å². The Morgan fingerprint density at radius 2 is 2.38 bits per heavy atom. The number of carboxylic acid groups (broad SMARTS) is 1. The molecule has 4 heteroatoms. The lowest BCUT2D eigenvalue weighted by atomic mass is 10.3. The van der Waals surface area contributed by atoms with E-state index in [1.807, 2.05) is 0 Å². The molecule has 0 aliphatic heterocycles. The van der Waals surface area contributed by atoms with Gasteiger partial charge in [-0.2, -0.15) is 0 Å². The van der Waals surface area contributed by atoms with E-state index in [0.29, 0.717) is 6.54 Å². The van der Waals surface area contributed by atoms with Gasteiger partial charge in [0.1, 0.15) is 12.0 Å². The lowest BCUT2D eigenvalue weighted by Crippen LogP contribution is -2.24. The predicted molar refractivity (Wildman–Crippen MR) is 59.3 cm³/mol. The van der Waals surface area contributed by atoms with Crippen molar-refractivity contribution in [3.8, 4) is 0 Å². The summed E-state index contributed by atoms with van der Waals surface area (Å²) >= 11 is 0. The lowest BCUT2D eigenvalue weighted by molar-refractivity contribution is 0.0696. The van der Waals surface area contributed by atoms with Gasteiger partial charge in [-0.1, -0.05) is 6.92 Å². The first-order valence-corrected chi connectivity index (χ1v) is 5.72. The average Bonchev–Trinajstić information content (AvgIpc) is 2.93. The topological polar surface area (TPSA) is 53.7 Å². The first-order chi connectivity index (χ1) is 7.69. The molecule has 0 bridgehead atoms. The zero-order valence-electron chi connectivity index (χ0n) is 9.48. The Bertz CT molecular complexity index is 368. The second-order valence-electron chi connectivity index (χ2n) is 4.38. The Morgan fingerprint density at radius 1 is 1.62 bits per heavy atom. The molecule has 0 unspecified atom stereocenters. The fraction of sp³-hybridized carbons (Fsp3) is 0.583. The highest BCUT2D eigenvalue weighted by Crippen LogP contribution is 2.30. The van der Waals surface area contributed by atoms with Crippen LogP contribution in [0.3, 0.4) is 0 Å². The molecule has 0 aromatic carbocycles. The summed E-state index contributed by atoms with van der Waals surface area (Å²) in [5.41, 5.74) is 0.234. The summed E-state index contributed by atoms with van der Waals surface area (Å²) in [5.74, 6) is 0.647. The first-order valence-electron chi connectivity index (χ1n) is 5.72. The van der Waals surface area contributed by atoms with Crippen molar-refractivity contribution in [2.24, 2.45) is 5.92 Å². The maximum Gasteiger partial charge on any atom is 0.338 e. The molecule has 0 saturated heterocycles. The summed E-state index contributed by atoms with van der Waals surface area (Å²) in [6.07, 6.45) is 3.96. The third-order valence-electron chi connectivity index (χ3n) is 2.94. The average molecular weight is 223 g/mol. The van der Waals surface area contributed by atoms with Crippen LogP contribution in [0.4, 0.5) is 0 Å². The number of hydrogen-bond acceptors (Lipinski definition) is 3. The van der Waals surface area contributed by atoms with Crippen molar-refractivity contribution in [2.45, 2.75) is 26.3 Å². The minimum absolute atomic E-state index is 0.234. The molecule has 16 heavy (non-hydrogen) atoms. The first kappa shape index (κ1) is 11.2. The highest BCUT2D eigenvalue weighted by atomic mass is 16.4. The zero-order valence-corrected chi connectivity index (χ0v) is 9.48. The summed E-state index contributed by atoms with van der Waals surface area (Å²) in [4.78, 5) is 13.0. The largest absolute Gasteiger partial charge is 0.478 e. The predicted octanol–water partition coefficient (Wildman–Crippen LogP) is 2.21. The number of carboxylic acids is 1. The summed E-state index contributed by atoms with van der Waals surface area (Å²) in [7, 11) is 0. The summed E-state index contributed by atoms with van der Waals surface area (Å²) < 4.78 is 5.24. The SMILES string of the molecule is CCN(Cc1cc(C(=O)O)co1)CC1CC1. The van der Waals surface area contributed by atoms with Gasteiger partial charge < -0.3 is 9.52 Å². The van der Waals surface area contributed by atoms with Crippen molar-refractivity contribution in [3.05, 3.63) is 23.7 Å². The Balaban J connectivity index is 1.92. The molecule has 1 N–H and O–H groups in total. The number of hydrogen-bond donors (Lipinski definition) is 1. The van der Waals surface area contributed by atoms with E-state index < -0.39 is 5.97 Å². The van der Waals surface area contributed by atoms with Gasteiger partial charge in [-0.25, -0.2) is 4.79 Å². The Labute approximate surface area is 94.9 Å². The second-order valence-corrected chi connectivity index (χ2v) is 4.38. The maximum atomic E-state index is 10.7. The molecular weight excluding hydrogens is 206 g/mol. The van der Waals surface area contributed by atoms with Crippen molar-refractivity contribution >= 4 is 5.97 Å². The molecule has 1 aliphatic carbocycles. The number of aromatic carboxylic acids is 1. The molecule has 1 saturated carbocycles. The number of rotatable bonds is 6. The molecule has 0 atom stereocenters. The van der Waals surface area contributed by atoms with Gasteiger partial charge >= 0.3 is 5.97 Å². The smallest absolute Gasteiger partial charge is 0.338 e. The molecule has 0 amide bonds. The van der Waals surface area contributed by atoms with Crippen LogP contribution >= 0.6 is 0 Å². The summed E-state index contributed by atoms with van der Waals surface area (Å²) in [5, 5.41) is 8.77. The van der Waals surface area contributed by atoms with E-state index in [9.17, 15) is 4.79 Å². The van der Waals surface area contributed by atoms with E-state index in [4.69, 9.17) is 9.52 Å². The monoisotopic (exact) mass is 223 g/mol. The van der Waals surface area contributed by atoms with Crippen LogP contribution in [0.2, 0.25) is 0 Å². The lowest BCUT2D eigenvalue weighted by Gasteiger charge is -2.18. The number of furan rings is 1. The molecule has 4 nitrogen and oxygen atoms in total. The fourth-order valence-electron chi connectivity index (χ4n) is 1.77. The zero-order chi connectivity index (χ0) is 11.5. The number of carbonyl (C=O) groups is 1. The molecular formula is C12H17NO3. The Kier molecular flexibility index (Phi) is 3.29. The molecule has 2 rings (SSSR count). The molecule has 0 spiro atoms. The van der Waals surface area contributed by atoms with E-state index in [-0.39, 0.29) is 5.56 Å². The van der Waals surface area contributed by atoms with Crippen LogP contribution in [0.15, 0.2) is 16.7 Å². The van der Waals surface area contributed by atoms with Gasteiger partial charge in [0.15, 0.2) is 0 Å². The molecule has 1 aromatic heterocycles. The van der Waals surface area contributed by atoms with Crippen molar-refractivity contribution in [3.63, 3.8) is 0 Å². The van der Waals surface area contributed by atoms with Gasteiger partial charge in [0, 0.05) is 6.54 Å². The molecule has 0 radical (unpaired) electrons. The highest BCUT2D eigenvalue weighted by Gasteiger charge is 2.24. The third kappa shape index (κ3) is 2.85. The van der Waals surface area contributed by atoms with Gasteiger partial charge in [-0.05, 0) is 31.4 Å². The standard InChI is InChI=1S/C12H17NO3/c1-2-13(6-9-3-4-9)7-11-5-10(8-16-11)12(14)15/h5,8-9H,2-4,6-7H2,1H3,(H,14,15). The van der Waals surface area contributed by atoms with Crippen molar-refractivity contribution in [1.82, 2.24) is 4.90 Å². The molecule has 1 heterocycles. The van der Waals surface area contributed by atoms with Crippen LogP contribution < -0.4 is 0 Å². The summed E-state index contributed by atoms with van der Waals surface area (Å²) in [6.45, 7) is 4.89. The van der Waals surface area contributed by atoms with Crippen LogP contribution in [0.25, 0.3) is 0 Å². The van der Waals surface area contributed by atoms with Gasteiger partial charge in [0.25, 0.3) is 0 Å². The fourth-order valence-corrected chi connectivity index (χ4v) is 1.77. The number of nitrogens with zero attached hydrogens (tertiary/aromatic N) is 1. The van der Waals surface area contributed by atoms with E-state index in [1.54, 1.807) is 6.07 Å². The van der Waals surface area contributed by atoms with Crippen LogP contribution in [-0.4, -0.2) is 29.1 Å². The van der Waals surface area contributed by atoms with Gasteiger partial charge in [-0.3, -0.25) is 4.90 Å². The second kappa shape index (κ2) is 4.70. The van der Waals surface area contributed by atoms with Gasteiger partial charge in [0.05, 0.1) is 12.1 Å². The van der Waals surface area contributed by atoms with Gasteiger partial charge in [-0.15, -0.1) is 0 Å². The Morgan fingerprint density at radius 3 is 2.88 bits per heavy atom. The van der Waals surface area contributed by atoms with E-state index in [1.165, 1.54) is 19.1 Å². The Hall–Kier alpha value is -1.29. The third-order valence-corrected chi connectivity index (χ3v) is 2.94. The summed E-state index contributed by atoms with van der Waals surface area (Å²) in [6, 6.07) is 1.61. The minimum atomic E-state index is -0.930. The molecule has 1 aromatic rings. The van der Waals surface area contributed by atoms with Crippen LogP contribution in [-0.2, 0) is 6.54 Å². The van der Waals surface area contributed by atoms with Crippen molar-refractivity contribution in [2.75, 3.05) is 13.1 Å². The normalized spacial score (nSPS) is 15.6. The minimum Gasteiger partial charge on any atom is -0.478 e. The molecule has 88 valence electrons. The van der Waals surface area contributed by atoms with Crippen molar-refractivity contribution in [1.29, 1.82) is 0 Å².